The van der Waals surface area contributed by atoms with Gasteiger partial charge in [0.25, 0.3) is 5.76 Å². The standard InChI is InChI=1S/C10H12F2O3S/c1-5-4-6(13)7(14-2)8(15-3)9(5)16-10(11)12/h4,10,13H,1-3H3. The highest BCUT2D eigenvalue weighted by molar-refractivity contribution is 7.99. The third kappa shape index (κ3) is 2.49. The summed E-state index contributed by atoms with van der Waals surface area (Å²) < 4.78 is 34.6. The molecule has 0 aliphatic heterocycles. The average molecular weight is 250 g/mol. The molecule has 0 bridgehead atoms. The van der Waals surface area contributed by atoms with Gasteiger partial charge in [-0.2, -0.15) is 8.78 Å². The van der Waals surface area contributed by atoms with Crippen molar-refractivity contribution < 1.29 is 23.4 Å². The predicted octanol–water partition coefficient (Wildman–Crippen LogP) is 3.03. The molecule has 1 rings (SSSR count). The van der Waals surface area contributed by atoms with E-state index in [1.54, 1.807) is 6.92 Å². The average Bonchev–Trinajstić information content (AvgIpc) is 2.20. The second-order valence-corrected chi connectivity index (χ2v) is 3.99. The highest BCUT2D eigenvalue weighted by atomic mass is 32.2. The van der Waals surface area contributed by atoms with Crippen LogP contribution in [-0.4, -0.2) is 25.1 Å². The lowest BCUT2D eigenvalue weighted by molar-refractivity contribution is 0.251. The summed E-state index contributed by atoms with van der Waals surface area (Å²) in [6.45, 7) is 1.62. The van der Waals surface area contributed by atoms with Gasteiger partial charge in [-0.25, -0.2) is 0 Å². The third-order valence-corrected chi connectivity index (χ3v) is 2.89. The summed E-state index contributed by atoms with van der Waals surface area (Å²) in [5, 5.41) is 9.56. The molecule has 6 heteroatoms. The van der Waals surface area contributed by atoms with Crippen molar-refractivity contribution in [2.24, 2.45) is 0 Å². The van der Waals surface area contributed by atoms with Crippen molar-refractivity contribution >= 4 is 11.8 Å². The molecule has 0 unspecified atom stereocenters. The number of aryl methyl sites for hydroxylation is 1. The number of phenols is 1. The quantitative estimate of drug-likeness (QED) is 0.834. The molecule has 0 amide bonds. The maximum Gasteiger partial charge on any atom is 0.289 e. The molecule has 16 heavy (non-hydrogen) atoms. The zero-order valence-electron chi connectivity index (χ0n) is 9.08. The summed E-state index contributed by atoms with van der Waals surface area (Å²) in [6, 6.07) is 1.37. The Morgan fingerprint density at radius 2 is 1.81 bits per heavy atom. The fourth-order valence-electron chi connectivity index (χ4n) is 1.35. The fraction of sp³-hybridized carbons (Fsp3) is 0.400. The lowest BCUT2D eigenvalue weighted by Crippen LogP contribution is -1.96. The van der Waals surface area contributed by atoms with Gasteiger partial charge in [0, 0.05) is 0 Å². The number of rotatable bonds is 4. The van der Waals surface area contributed by atoms with Crippen LogP contribution in [0.5, 0.6) is 17.2 Å². The number of thioether (sulfide) groups is 1. The van der Waals surface area contributed by atoms with Crippen molar-refractivity contribution in [2.45, 2.75) is 17.6 Å². The van der Waals surface area contributed by atoms with Crippen LogP contribution in [0, 0.1) is 6.92 Å². The molecule has 90 valence electrons. The molecule has 0 atom stereocenters. The Bertz CT molecular complexity index is 383. The molecular weight excluding hydrogens is 238 g/mol. The summed E-state index contributed by atoms with van der Waals surface area (Å²) in [5.74, 6) is -2.49. The Kier molecular flexibility index (Phi) is 4.23. The number of methoxy groups -OCH3 is 2. The summed E-state index contributed by atoms with van der Waals surface area (Å²) in [5.41, 5.74) is 0.514. The van der Waals surface area contributed by atoms with E-state index in [0.29, 0.717) is 17.3 Å². The molecule has 0 saturated carbocycles. The van der Waals surface area contributed by atoms with Gasteiger partial charge in [0.05, 0.1) is 19.1 Å². The normalized spacial score (nSPS) is 10.6. The van der Waals surface area contributed by atoms with E-state index in [0.717, 1.165) is 0 Å². The maximum atomic E-state index is 12.4. The molecule has 0 aliphatic rings. The number of phenolic OH excluding ortho intramolecular Hbond substituents is 1. The van der Waals surface area contributed by atoms with Crippen molar-refractivity contribution in [2.75, 3.05) is 14.2 Å². The van der Waals surface area contributed by atoms with Crippen LogP contribution in [0.25, 0.3) is 0 Å². The summed E-state index contributed by atoms with van der Waals surface area (Å²) in [7, 11) is 2.68. The molecule has 1 aromatic carbocycles. The Balaban J connectivity index is 3.34. The first-order chi connectivity index (χ1) is 7.51. The van der Waals surface area contributed by atoms with Crippen molar-refractivity contribution in [3.05, 3.63) is 11.6 Å². The van der Waals surface area contributed by atoms with E-state index in [2.05, 4.69) is 0 Å². The monoisotopic (exact) mass is 250 g/mol. The van der Waals surface area contributed by atoms with E-state index in [9.17, 15) is 13.9 Å². The van der Waals surface area contributed by atoms with Gasteiger partial charge in [-0.15, -0.1) is 0 Å². The van der Waals surface area contributed by atoms with Crippen LogP contribution in [0.3, 0.4) is 0 Å². The van der Waals surface area contributed by atoms with Crippen molar-refractivity contribution in [1.82, 2.24) is 0 Å². The van der Waals surface area contributed by atoms with Crippen LogP contribution in [0.15, 0.2) is 11.0 Å². The first kappa shape index (κ1) is 12.9. The highest BCUT2D eigenvalue weighted by Crippen LogP contribution is 2.46. The lowest BCUT2D eigenvalue weighted by atomic mass is 10.2. The molecule has 0 saturated heterocycles. The first-order valence-electron chi connectivity index (χ1n) is 4.40. The number of ether oxygens (including phenoxy) is 2. The van der Waals surface area contributed by atoms with Gasteiger partial charge in [0.2, 0.25) is 5.75 Å². The molecular formula is C10H12F2O3S. The second kappa shape index (κ2) is 5.25. The highest BCUT2D eigenvalue weighted by Gasteiger charge is 2.20. The number of hydrogen-bond donors (Lipinski definition) is 1. The van der Waals surface area contributed by atoms with E-state index in [1.807, 2.05) is 0 Å². The Morgan fingerprint density at radius 3 is 2.25 bits per heavy atom. The lowest BCUT2D eigenvalue weighted by Gasteiger charge is -2.15. The van der Waals surface area contributed by atoms with Gasteiger partial charge in [0.15, 0.2) is 11.5 Å². The Morgan fingerprint density at radius 1 is 1.25 bits per heavy atom. The van der Waals surface area contributed by atoms with Crippen LogP contribution in [0.2, 0.25) is 0 Å². The van der Waals surface area contributed by atoms with E-state index in [4.69, 9.17) is 9.47 Å². The van der Waals surface area contributed by atoms with Crippen LogP contribution in [-0.2, 0) is 0 Å². The van der Waals surface area contributed by atoms with Crippen molar-refractivity contribution in [3.8, 4) is 17.2 Å². The molecule has 1 aromatic rings. The minimum atomic E-state index is -2.55. The summed E-state index contributed by atoms with van der Waals surface area (Å²) in [4.78, 5) is 0.271. The number of aromatic hydroxyl groups is 1. The molecule has 0 fully saturated rings. The van der Waals surface area contributed by atoms with Gasteiger partial charge in [-0.05, 0) is 18.6 Å². The Labute approximate surface area is 96.4 Å². The van der Waals surface area contributed by atoms with Crippen LogP contribution in [0.4, 0.5) is 8.78 Å². The van der Waals surface area contributed by atoms with E-state index in [1.165, 1.54) is 20.3 Å². The van der Waals surface area contributed by atoms with Crippen molar-refractivity contribution in [3.63, 3.8) is 0 Å². The molecule has 0 aliphatic carbocycles. The number of benzene rings is 1. The molecule has 3 nitrogen and oxygen atoms in total. The summed E-state index contributed by atoms with van der Waals surface area (Å²) in [6.07, 6.45) is 0. The SMILES string of the molecule is COc1c(O)cc(C)c(SC(F)F)c1OC. The van der Waals surface area contributed by atoms with Gasteiger partial charge < -0.3 is 14.6 Å². The van der Waals surface area contributed by atoms with E-state index in [-0.39, 0.29) is 22.1 Å². The van der Waals surface area contributed by atoms with E-state index >= 15 is 0 Å². The third-order valence-electron chi connectivity index (χ3n) is 1.97. The van der Waals surface area contributed by atoms with Crippen LogP contribution >= 0.6 is 11.8 Å². The van der Waals surface area contributed by atoms with Crippen molar-refractivity contribution in [1.29, 1.82) is 0 Å². The maximum absolute atomic E-state index is 12.4. The van der Waals surface area contributed by atoms with Crippen LogP contribution < -0.4 is 9.47 Å². The number of alkyl halides is 2. The topological polar surface area (TPSA) is 38.7 Å². The number of halogens is 2. The molecule has 0 aromatic heterocycles. The van der Waals surface area contributed by atoms with Gasteiger partial charge in [0.1, 0.15) is 0 Å². The molecule has 0 radical (unpaired) electrons. The zero-order valence-corrected chi connectivity index (χ0v) is 9.90. The molecule has 0 spiro atoms. The zero-order chi connectivity index (χ0) is 12.3. The minimum absolute atomic E-state index is 0.0660. The predicted molar refractivity (Wildman–Crippen MR) is 57.8 cm³/mol. The van der Waals surface area contributed by atoms with Crippen LogP contribution in [0.1, 0.15) is 5.56 Å². The van der Waals surface area contributed by atoms with Gasteiger partial charge >= 0.3 is 0 Å². The molecule has 0 heterocycles. The number of hydrogen-bond acceptors (Lipinski definition) is 4. The minimum Gasteiger partial charge on any atom is -0.504 e. The second-order valence-electron chi connectivity index (χ2n) is 2.99. The largest absolute Gasteiger partial charge is 0.504 e. The summed E-state index contributed by atoms with van der Waals surface area (Å²) >= 11 is 0.365. The van der Waals surface area contributed by atoms with E-state index < -0.39 is 5.76 Å². The van der Waals surface area contributed by atoms with Gasteiger partial charge in [-0.3, -0.25) is 0 Å². The van der Waals surface area contributed by atoms with Gasteiger partial charge in [-0.1, -0.05) is 11.8 Å². The Hall–Kier alpha value is -1.17. The first-order valence-corrected chi connectivity index (χ1v) is 5.28. The smallest absolute Gasteiger partial charge is 0.289 e. The fourth-order valence-corrected chi connectivity index (χ4v) is 2.06. The molecule has 1 N–H and O–H groups in total.